The van der Waals surface area contributed by atoms with E-state index in [0.29, 0.717) is 21.2 Å². The van der Waals surface area contributed by atoms with Crippen LogP contribution in [0.15, 0.2) is 88.0 Å². The third-order valence-electron chi connectivity index (χ3n) is 4.74. The van der Waals surface area contributed by atoms with Crippen molar-refractivity contribution in [2.75, 3.05) is 6.61 Å². The maximum absolute atomic E-state index is 12.6. The Morgan fingerprint density at radius 3 is 2.69 bits per heavy atom. The highest BCUT2D eigenvalue weighted by molar-refractivity contribution is 8.18. The van der Waals surface area contributed by atoms with Crippen LogP contribution in [0.2, 0.25) is 0 Å². The summed E-state index contributed by atoms with van der Waals surface area (Å²) in [5, 5.41) is 24.1. The van der Waals surface area contributed by atoms with Crippen LogP contribution in [0.4, 0.5) is 11.4 Å². The van der Waals surface area contributed by atoms with E-state index in [4.69, 9.17) is 4.74 Å². The van der Waals surface area contributed by atoms with Gasteiger partial charge >= 0.3 is 5.97 Å². The third kappa shape index (κ3) is 4.26. The normalized spacial score (nSPS) is 16.2. The number of nitro benzene ring substituents is 1. The van der Waals surface area contributed by atoms with Gasteiger partial charge in [0.2, 0.25) is 0 Å². The molecular weight excluding hydrogens is 428 g/mol. The molecule has 1 N–H and O–H groups in total. The lowest BCUT2D eigenvalue weighted by atomic mass is 10.1. The Hall–Kier alpha value is -3.91. The van der Waals surface area contributed by atoms with Crippen molar-refractivity contribution in [3.8, 4) is 0 Å². The first-order valence-electron chi connectivity index (χ1n) is 9.79. The van der Waals surface area contributed by atoms with Crippen LogP contribution in [-0.4, -0.2) is 27.6 Å². The molecule has 4 rings (SSSR count). The smallest absolute Gasteiger partial charge is 0.344 e. The summed E-state index contributed by atoms with van der Waals surface area (Å²) in [4.78, 5) is 28.2. The highest BCUT2D eigenvalue weighted by Gasteiger charge is 2.33. The van der Waals surface area contributed by atoms with E-state index in [1.165, 1.54) is 12.1 Å². The largest absolute Gasteiger partial charge is 0.506 e. The molecule has 160 valence electrons. The molecule has 1 heterocycles. The molecule has 0 unspecified atom stereocenters. The molecule has 0 amide bonds. The van der Waals surface area contributed by atoms with Crippen molar-refractivity contribution in [1.29, 1.82) is 0 Å². The number of aliphatic imine (C=N–C) groups is 1. The second-order valence-electron chi connectivity index (χ2n) is 6.82. The number of fused-ring (bicyclic) bond motifs is 1. The van der Waals surface area contributed by atoms with Gasteiger partial charge in [-0.3, -0.25) is 10.1 Å². The number of aliphatic hydroxyl groups is 1. The van der Waals surface area contributed by atoms with Gasteiger partial charge in [-0.1, -0.05) is 60.3 Å². The Labute approximate surface area is 187 Å². The minimum absolute atomic E-state index is 0.0264. The van der Waals surface area contributed by atoms with Crippen LogP contribution in [0, 0.1) is 10.1 Å². The Bertz CT molecular complexity index is 1320. The predicted molar refractivity (Wildman–Crippen MR) is 126 cm³/mol. The second-order valence-corrected chi connectivity index (χ2v) is 7.85. The summed E-state index contributed by atoms with van der Waals surface area (Å²) in [6.45, 7) is 1.82. The summed E-state index contributed by atoms with van der Waals surface area (Å²) in [5.74, 6) is -0.946. The van der Waals surface area contributed by atoms with Crippen molar-refractivity contribution in [2.24, 2.45) is 4.99 Å². The molecule has 0 aromatic heterocycles. The van der Waals surface area contributed by atoms with E-state index < -0.39 is 10.9 Å². The number of thioether (sulfide) groups is 1. The van der Waals surface area contributed by atoms with Gasteiger partial charge in [0.15, 0.2) is 0 Å². The molecule has 0 spiro atoms. The zero-order valence-corrected chi connectivity index (χ0v) is 17.8. The second kappa shape index (κ2) is 9.07. The number of carbonyl (C=O) groups is 1. The van der Waals surface area contributed by atoms with E-state index in [-0.39, 0.29) is 23.6 Å². The monoisotopic (exact) mass is 446 g/mol. The van der Waals surface area contributed by atoms with Gasteiger partial charge in [-0.15, -0.1) is 0 Å². The van der Waals surface area contributed by atoms with Crippen LogP contribution < -0.4 is 0 Å². The standard InChI is InChI=1S/C24H18N2O5S/c1-2-31-24(28)21-22(27)20(14-15-7-5-10-17(13-15)26(29)30)32-23(21)25-19-12-6-9-16-8-3-4-11-18(16)19/h3-14,27H,2H2,1H3/b20-14+,25-23?. The molecular formula is C24H18N2O5S. The summed E-state index contributed by atoms with van der Waals surface area (Å²) in [7, 11) is 0. The van der Waals surface area contributed by atoms with E-state index >= 15 is 0 Å². The van der Waals surface area contributed by atoms with Gasteiger partial charge in [-0.05, 0) is 30.0 Å². The summed E-state index contributed by atoms with van der Waals surface area (Å²) in [5.41, 5.74) is 1.07. The highest BCUT2D eigenvalue weighted by Crippen LogP contribution is 2.41. The van der Waals surface area contributed by atoms with Crippen molar-refractivity contribution in [1.82, 2.24) is 0 Å². The van der Waals surface area contributed by atoms with Gasteiger partial charge < -0.3 is 9.84 Å². The molecule has 0 aliphatic carbocycles. The summed E-state index contributed by atoms with van der Waals surface area (Å²) < 4.78 is 5.13. The number of ether oxygens (including phenoxy) is 1. The zero-order valence-electron chi connectivity index (χ0n) is 17.0. The molecule has 0 bridgehead atoms. The van der Waals surface area contributed by atoms with E-state index in [1.807, 2.05) is 42.5 Å². The molecule has 3 aromatic rings. The average Bonchev–Trinajstić information content (AvgIpc) is 3.09. The highest BCUT2D eigenvalue weighted by atomic mass is 32.2. The number of carbonyl (C=O) groups excluding carboxylic acids is 1. The first kappa shape index (κ1) is 21.3. The molecule has 0 fully saturated rings. The average molecular weight is 446 g/mol. The lowest BCUT2D eigenvalue weighted by molar-refractivity contribution is -0.384. The Balaban J connectivity index is 1.81. The summed E-state index contributed by atoms with van der Waals surface area (Å²) >= 11 is 1.11. The fraction of sp³-hybridized carbons (Fsp3) is 0.0833. The molecule has 3 aromatic carbocycles. The van der Waals surface area contributed by atoms with Gasteiger partial charge in [-0.25, -0.2) is 9.79 Å². The minimum atomic E-state index is -0.682. The van der Waals surface area contributed by atoms with Crippen LogP contribution in [0.5, 0.6) is 0 Å². The molecule has 1 aliphatic heterocycles. The number of hydrogen-bond donors (Lipinski definition) is 1. The molecule has 0 saturated carbocycles. The van der Waals surface area contributed by atoms with Gasteiger partial charge in [0.25, 0.3) is 5.69 Å². The lowest BCUT2D eigenvalue weighted by Crippen LogP contribution is -2.12. The molecule has 1 aliphatic rings. The molecule has 7 nitrogen and oxygen atoms in total. The number of nitro groups is 1. The number of benzene rings is 3. The van der Waals surface area contributed by atoms with Crippen LogP contribution in [0.25, 0.3) is 16.8 Å². The number of nitrogens with zero attached hydrogens (tertiary/aromatic N) is 2. The Kier molecular flexibility index (Phi) is 6.04. The van der Waals surface area contributed by atoms with Gasteiger partial charge in [0.05, 0.1) is 22.1 Å². The number of hydrogen-bond acceptors (Lipinski definition) is 7. The van der Waals surface area contributed by atoms with E-state index in [0.717, 1.165) is 22.5 Å². The number of rotatable bonds is 5. The van der Waals surface area contributed by atoms with E-state index in [2.05, 4.69) is 4.99 Å². The molecule has 32 heavy (non-hydrogen) atoms. The maximum Gasteiger partial charge on any atom is 0.344 e. The van der Waals surface area contributed by atoms with Gasteiger partial charge in [0, 0.05) is 17.5 Å². The van der Waals surface area contributed by atoms with Crippen LogP contribution in [0.1, 0.15) is 12.5 Å². The number of aliphatic hydroxyl groups excluding tert-OH is 1. The maximum atomic E-state index is 12.6. The van der Waals surface area contributed by atoms with Crippen molar-refractivity contribution in [3.05, 3.63) is 98.6 Å². The van der Waals surface area contributed by atoms with Crippen molar-refractivity contribution < 1.29 is 19.6 Å². The molecule has 0 saturated heterocycles. The van der Waals surface area contributed by atoms with Crippen molar-refractivity contribution in [2.45, 2.75) is 6.92 Å². The first-order chi connectivity index (χ1) is 15.5. The minimum Gasteiger partial charge on any atom is -0.506 e. The Morgan fingerprint density at radius 1 is 1.16 bits per heavy atom. The van der Waals surface area contributed by atoms with Crippen LogP contribution in [0.3, 0.4) is 0 Å². The third-order valence-corrected chi connectivity index (χ3v) is 5.76. The lowest BCUT2D eigenvalue weighted by Gasteiger charge is -2.05. The topological polar surface area (TPSA) is 102 Å². The number of non-ortho nitro benzene ring substituents is 1. The first-order valence-corrected chi connectivity index (χ1v) is 10.6. The zero-order chi connectivity index (χ0) is 22.7. The fourth-order valence-corrected chi connectivity index (χ4v) is 4.31. The summed E-state index contributed by atoms with van der Waals surface area (Å²) in [6, 6.07) is 19.4. The fourth-order valence-electron chi connectivity index (χ4n) is 3.29. The van der Waals surface area contributed by atoms with E-state index in [1.54, 1.807) is 25.1 Å². The van der Waals surface area contributed by atoms with Crippen molar-refractivity contribution >= 4 is 51.0 Å². The summed E-state index contributed by atoms with van der Waals surface area (Å²) in [6.07, 6.45) is 1.58. The van der Waals surface area contributed by atoms with Crippen molar-refractivity contribution in [3.63, 3.8) is 0 Å². The molecule has 0 radical (unpaired) electrons. The predicted octanol–water partition coefficient (Wildman–Crippen LogP) is 5.94. The SMILES string of the molecule is CCOC(=O)C1=C(O)/C(=C\c2cccc([N+](=O)[O-])c2)SC1=Nc1cccc2ccccc12. The van der Waals surface area contributed by atoms with Crippen LogP contribution in [-0.2, 0) is 9.53 Å². The van der Waals surface area contributed by atoms with Crippen LogP contribution >= 0.6 is 11.8 Å². The van der Waals surface area contributed by atoms with Gasteiger partial charge in [-0.2, -0.15) is 0 Å². The van der Waals surface area contributed by atoms with Gasteiger partial charge in [0.1, 0.15) is 16.4 Å². The number of esters is 1. The molecule has 0 atom stereocenters. The quantitative estimate of drug-likeness (QED) is 0.296. The molecule has 8 heteroatoms. The Morgan fingerprint density at radius 2 is 1.91 bits per heavy atom. The van der Waals surface area contributed by atoms with E-state index in [9.17, 15) is 20.0 Å².